The van der Waals surface area contributed by atoms with Gasteiger partial charge in [-0.1, -0.05) is 13.3 Å². The van der Waals surface area contributed by atoms with Gasteiger partial charge in [-0.15, -0.1) is 5.10 Å². The molecule has 2 atom stereocenters. The Balaban J connectivity index is 1.63. The van der Waals surface area contributed by atoms with E-state index in [2.05, 4.69) is 25.4 Å². The summed E-state index contributed by atoms with van der Waals surface area (Å²) in [5.41, 5.74) is 7.19. The maximum atomic E-state index is 14.9. The van der Waals surface area contributed by atoms with Crippen molar-refractivity contribution in [3.05, 3.63) is 41.2 Å². The minimum atomic E-state index is -1.36. The van der Waals surface area contributed by atoms with Gasteiger partial charge in [-0.25, -0.2) is 14.5 Å². The molecule has 5 N–H and O–H groups in total. The molecule has 1 aliphatic rings. The largest absolute Gasteiger partial charge is 0.459 e. The Morgan fingerprint density at radius 3 is 2.76 bits per heavy atom. The molecule has 2 unspecified atom stereocenters. The summed E-state index contributed by atoms with van der Waals surface area (Å²) in [6.45, 7) is 3.73. The third kappa shape index (κ3) is 5.05. The van der Waals surface area contributed by atoms with Crippen molar-refractivity contribution < 1.29 is 19.3 Å². The van der Waals surface area contributed by atoms with Crippen LogP contribution in [0, 0.1) is 5.95 Å². The number of piperidine rings is 1. The number of nitrogen functional groups attached to an aromatic ring is 1. The predicted octanol–water partition coefficient (Wildman–Crippen LogP) is 1.72. The highest BCUT2D eigenvalue weighted by Gasteiger charge is 2.25. The van der Waals surface area contributed by atoms with Gasteiger partial charge in [-0.3, -0.25) is 0 Å². The lowest BCUT2D eigenvalue weighted by Gasteiger charge is -2.22. The zero-order valence-electron chi connectivity index (χ0n) is 18.6. The number of hydrogen-bond donors (Lipinski definition) is 4. The molecule has 4 heterocycles. The number of imidazole rings is 1. The number of halogens is 1. The Morgan fingerprint density at radius 2 is 2.06 bits per heavy atom. The molecular weight excluding hydrogens is 429 g/mol. The average Bonchev–Trinajstić information content (AvgIpc) is 3.24. The van der Waals surface area contributed by atoms with E-state index in [9.17, 15) is 14.6 Å². The summed E-state index contributed by atoms with van der Waals surface area (Å²) in [7, 11) is 0. The smallest absolute Gasteiger partial charge is 0.336 e. The number of ether oxygens (including phenoxy) is 1. The van der Waals surface area contributed by atoms with Gasteiger partial charge in [-0.05, 0) is 44.5 Å². The molecule has 0 bridgehead atoms. The van der Waals surface area contributed by atoms with Gasteiger partial charge in [-0.2, -0.15) is 9.37 Å². The van der Waals surface area contributed by atoms with Crippen LogP contribution in [0.5, 0.6) is 6.01 Å². The molecule has 33 heavy (non-hydrogen) atoms. The molecular formula is C22H30FN7O3. The topological polar surface area (TPSA) is 144 Å². The Hall–Kier alpha value is -2.89. The number of aliphatic hydroxyl groups excluding tert-OH is 2. The molecule has 11 heteroatoms. The van der Waals surface area contributed by atoms with Gasteiger partial charge < -0.3 is 26.0 Å². The van der Waals surface area contributed by atoms with E-state index in [4.69, 9.17) is 10.5 Å². The van der Waals surface area contributed by atoms with Crippen molar-refractivity contribution >= 4 is 11.5 Å². The molecule has 1 saturated heterocycles. The van der Waals surface area contributed by atoms with E-state index in [1.807, 2.05) is 6.92 Å². The highest BCUT2D eigenvalue weighted by Crippen LogP contribution is 2.29. The van der Waals surface area contributed by atoms with E-state index >= 15 is 0 Å². The van der Waals surface area contributed by atoms with Gasteiger partial charge in [0.25, 0.3) is 0 Å². The third-order valence-electron chi connectivity index (χ3n) is 5.96. The van der Waals surface area contributed by atoms with Crippen LogP contribution >= 0.6 is 0 Å². The van der Waals surface area contributed by atoms with Crippen molar-refractivity contribution in [3.63, 3.8) is 0 Å². The second-order valence-corrected chi connectivity index (χ2v) is 8.28. The lowest BCUT2D eigenvalue weighted by atomic mass is 9.93. The SMILES string of the molecule is CCCC(CCO)Oc1nc(N)c2ncc(C(O)c3ccc(C4CCNCC4)nc3F)n2n1. The molecule has 0 radical (unpaired) electrons. The first-order valence-corrected chi connectivity index (χ1v) is 11.4. The number of nitrogens with two attached hydrogens (primary N) is 1. The molecule has 0 spiro atoms. The van der Waals surface area contributed by atoms with Crippen LogP contribution in [0.3, 0.4) is 0 Å². The van der Waals surface area contributed by atoms with E-state index in [1.54, 1.807) is 12.1 Å². The summed E-state index contributed by atoms with van der Waals surface area (Å²) >= 11 is 0. The molecule has 3 aromatic rings. The fraction of sp³-hybridized carbons (Fsp3) is 0.545. The normalized spacial score (nSPS) is 16.7. The van der Waals surface area contributed by atoms with Crippen LogP contribution < -0.4 is 15.8 Å². The van der Waals surface area contributed by atoms with E-state index in [1.165, 1.54) is 10.7 Å². The lowest BCUT2D eigenvalue weighted by Crippen LogP contribution is -2.27. The fourth-order valence-corrected chi connectivity index (χ4v) is 4.18. The number of fused-ring (bicyclic) bond motifs is 1. The summed E-state index contributed by atoms with van der Waals surface area (Å²) < 4.78 is 22.1. The zero-order chi connectivity index (χ0) is 23.4. The Kier molecular flexibility index (Phi) is 7.31. The number of nitrogens with zero attached hydrogens (tertiary/aromatic N) is 5. The molecule has 3 aromatic heterocycles. The number of nitrogens with one attached hydrogen (secondary N) is 1. The van der Waals surface area contributed by atoms with Crippen molar-refractivity contribution in [1.82, 2.24) is 29.9 Å². The van der Waals surface area contributed by atoms with Crippen LogP contribution in [-0.4, -0.2) is 60.6 Å². The number of aliphatic hydroxyl groups is 2. The van der Waals surface area contributed by atoms with Gasteiger partial charge in [0, 0.05) is 30.2 Å². The van der Waals surface area contributed by atoms with Gasteiger partial charge >= 0.3 is 6.01 Å². The van der Waals surface area contributed by atoms with Gasteiger partial charge in [0.2, 0.25) is 5.95 Å². The van der Waals surface area contributed by atoms with Crippen molar-refractivity contribution in [3.8, 4) is 6.01 Å². The van der Waals surface area contributed by atoms with Gasteiger partial charge in [0.05, 0.1) is 11.9 Å². The first-order chi connectivity index (χ1) is 16.0. The Morgan fingerprint density at radius 1 is 1.27 bits per heavy atom. The summed E-state index contributed by atoms with van der Waals surface area (Å²) in [6, 6.07) is 3.32. The Bertz CT molecular complexity index is 1080. The second-order valence-electron chi connectivity index (χ2n) is 8.28. The fourth-order valence-electron chi connectivity index (χ4n) is 4.18. The van der Waals surface area contributed by atoms with Crippen LogP contribution in [0.4, 0.5) is 10.2 Å². The minimum Gasteiger partial charge on any atom is -0.459 e. The van der Waals surface area contributed by atoms with E-state index < -0.39 is 12.1 Å². The average molecular weight is 460 g/mol. The molecule has 10 nitrogen and oxygen atoms in total. The number of hydrogen-bond acceptors (Lipinski definition) is 9. The molecule has 0 aliphatic carbocycles. The number of anilines is 1. The first-order valence-electron chi connectivity index (χ1n) is 11.4. The number of pyridine rings is 1. The van der Waals surface area contributed by atoms with Crippen molar-refractivity contribution in [2.45, 2.75) is 57.2 Å². The zero-order valence-corrected chi connectivity index (χ0v) is 18.6. The van der Waals surface area contributed by atoms with Crippen molar-refractivity contribution in [1.29, 1.82) is 0 Å². The van der Waals surface area contributed by atoms with E-state index in [0.29, 0.717) is 18.5 Å². The second kappa shape index (κ2) is 10.4. The van der Waals surface area contributed by atoms with Crippen molar-refractivity contribution in [2.24, 2.45) is 0 Å². The molecule has 178 valence electrons. The van der Waals surface area contributed by atoms with E-state index in [0.717, 1.165) is 32.4 Å². The first kappa shape index (κ1) is 23.3. The molecule has 0 aromatic carbocycles. The molecule has 1 aliphatic heterocycles. The highest BCUT2D eigenvalue weighted by molar-refractivity contribution is 5.60. The van der Waals surface area contributed by atoms with Crippen LogP contribution in [0.2, 0.25) is 0 Å². The number of rotatable bonds is 9. The molecule has 0 saturated carbocycles. The lowest BCUT2D eigenvalue weighted by molar-refractivity contribution is 0.132. The summed E-state index contributed by atoms with van der Waals surface area (Å²) in [5.74, 6) is -0.458. The van der Waals surface area contributed by atoms with Gasteiger partial charge in [0.15, 0.2) is 11.5 Å². The summed E-state index contributed by atoms with van der Waals surface area (Å²) in [4.78, 5) is 12.5. The molecule has 0 amide bonds. The van der Waals surface area contributed by atoms with Crippen LogP contribution in [0.25, 0.3) is 5.65 Å². The minimum absolute atomic E-state index is 0.00166. The monoisotopic (exact) mass is 459 g/mol. The van der Waals surface area contributed by atoms with Gasteiger partial charge in [0.1, 0.15) is 12.2 Å². The predicted molar refractivity (Wildman–Crippen MR) is 119 cm³/mol. The summed E-state index contributed by atoms with van der Waals surface area (Å²) in [6.07, 6.45) is 3.53. The van der Waals surface area contributed by atoms with Crippen LogP contribution in [0.1, 0.15) is 68.0 Å². The number of aromatic nitrogens is 5. The maximum Gasteiger partial charge on any atom is 0.336 e. The quantitative estimate of drug-likeness (QED) is 0.352. The maximum absolute atomic E-state index is 14.9. The standard InChI is InChI=1S/C22H30FN7O3/c1-2-3-14(8-11-31)33-22-28-20(24)21-26-12-17(30(21)29-22)18(32)15-4-5-16(27-19(15)23)13-6-9-25-10-7-13/h4-5,12-14,18,25,31-32H,2-3,6-11H2,1H3,(H2,24,28,29). The highest BCUT2D eigenvalue weighted by atomic mass is 19.1. The molecule has 1 fully saturated rings. The third-order valence-corrected chi connectivity index (χ3v) is 5.96. The van der Waals surface area contributed by atoms with Crippen LogP contribution in [0.15, 0.2) is 18.3 Å². The Labute approximate surface area is 191 Å². The summed E-state index contributed by atoms with van der Waals surface area (Å²) in [5, 5.41) is 27.8. The van der Waals surface area contributed by atoms with E-state index in [-0.39, 0.29) is 47.4 Å². The molecule has 4 rings (SSSR count). The van der Waals surface area contributed by atoms with Crippen LogP contribution in [-0.2, 0) is 0 Å². The van der Waals surface area contributed by atoms with Crippen molar-refractivity contribution in [2.75, 3.05) is 25.4 Å².